The maximum atomic E-state index is 10.9. The van der Waals surface area contributed by atoms with Crippen molar-refractivity contribution in [3.05, 3.63) is 0 Å². The quantitative estimate of drug-likeness (QED) is 0.315. The summed E-state index contributed by atoms with van der Waals surface area (Å²) >= 11 is 2.05. The SMILES string of the molecule is CC1CN(CCCCC(=O)NN)CCS1. The van der Waals surface area contributed by atoms with Gasteiger partial charge >= 0.3 is 0 Å². The van der Waals surface area contributed by atoms with Gasteiger partial charge in [-0.05, 0) is 19.4 Å². The van der Waals surface area contributed by atoms with Gasteiger partial charge in [0.15, 0.2) is 0 Å². The molecule has 1 atom stereocenters. The van der Waals surface area contributed by atoms with Crippen LogP contribution in [0.1, 0.15) is 26.2 Å². The van der Waals surface area contributed by atoms with Gasteiger partial charge < -0.3 is 4.90 Å². The van der Waals surface area contributed by atoms with Gasteiger partial charge in [-0.15, -0.1) is 0 Å². The summed E-state index contributed by atoms with van der Waals surface area (Å²) in [6, 6.07) is 0. The van der Waals surface area contributed by atoms with Gasteiger partial charge in [0.05, 0.1) is 0 Å². The molecule has 15 heavy (non-hydrogen) atoms. The number of nitrogens with two attached hydrogens (primary N) is 1. The van der Waals surface area contributed by atoms with Crippen LogP contribution in [0.4, 0.5) is 0 Å². The molecule has 3 N–H and O–H groups in total. The predicted octanol–water partition coefficient (Wildman–Crippen LogP) is 0.584. The molecule has 4 nitrogen and oxygen atoms in total. The molecule has 88 valence electrons. The summed E-state index contributed by atoms with van der Waals surface area (Å²) in [6.45, 7) is 5.77. The summed E-state index contributed by atoms with van der Waals surface area (Å²) in [7, 11) is 0. The maximum Gasteiger partial charge on any atom is 0.233 e. The van der Waals surface area contributed by atoms with Crippen LogP contribution in [0.5, 0.6) is 0 Å². The number of unbranched alkanes of at least 4 members (excludes halogenated alkanes) is 1. The third-order valence-corrected chi connectivity index (χ3v) is 3.75. The van der Waals surface area contributed by atoms with Crippen LogP contribution in [0, 0.1) is 0 Å². The standard InChI is InChI=1S/C10H21N3OS/c1-9-8-13(6-7-15-9)5-3-2-4-10(14)12-11/h9H,2-8,11H2,1H3,(H,12,14). The van der Waals surface area contributed by atoms with Gasteiger partial charge in [-0.1, -0.05) is 6.92 Å². The average molecular weight is 231 g/mol. The lowest BCUT2D eigenvalue weighted by molar-refractivity contribution is -0.121. The van der Waals surface area contributed by atoms with Gasteiger partial charge in [0.2, 0.25) is 5.91 Å². The number of hydrazine groups is 1. The van der Waals surface area contributed by atoms with E-state index in [1.807, 2.05) is 11.8 Å². The summed E-state index contributed by atoms with van der Waals surface area (Å²) in [4.78, 5) is 13.3. The van der Waals surface area contributed by atoms with Crippen molar-refractivity contribution in [3.8, 4) is 0 Å². The van der Waals surface area contributed by atoms with Crippen molar-refractivity contribution in [3.63, 3.8) is 0 Å². The second-order valence-electron chi connectivity index (χ2n) is 4.01. The van der Waals surface area contributed by atoms with Crippen LogP contribution in [0.25, 0.3) is 0 Å². The molecule has 0 spiro atoms. The Morgan fingerprint density at radius 2 is 2.40 bits per heavy atom. The van der Waals surface area contributed by atoms with E-state index in [0.29, 0.717) is 6.42 Å². The molecule has 1 heterocycles. The first-order valence-electron chi connectivity index (χ1n) is 5.56. The lowest BCUT2D eigenvalue weighted by Crippen LogP contribution is -2.37. The molecule has 0 aromatic rings. The topological polar surface area (TPSA) is 58.4 Å². The highest BCUT2D eigenvalue weighted by atomic mass is 32.2. The molecular formula is C10H21N3OS. The highest BCUT2D eigenvalue weighted by Gasteiger charge is 2.15. The van der Waals surface area contributed by atoms with Gasteiger partial charge in [-0.2, -0.15) is 11.8 Å². The van der Waals surface area contributed by atoms with Gasteiger partial charge in [0, 0.05) is 30.5 Å². The molecule has 5 heteroatoms. The molecule has 0 aromatic heterocycles. The molecule has 1 fully saturated rings. The van der Waals surface area contributed by atoms with E-state index in [2.05, 4.69) is 17.2 Å². The number of rotatable bonds is 5. The van der Waals surface area contributed by atoms with E-state index in [1.165, 1.54) is 18.8 Å². The lowest BCUT2D eigenvalue weighted by Gasteiger charge is -2.30. The Morgan fingerprint density at radius 1 is 1.60 bits per heavy atom. The van der Waals surface area contributed by atoms with Crippen molar-refractivity contribution < 1.29 is 4.79 Å². The highest BCUT2D eigenvalue weighted by Crippen LogP contribution is 2.17. The fourth-order valence-corrected chi connectivity index (χ4v) is 2.87. The van der Waals surface area contributed by atoms with Crippen molar-refractivity contribution in [2.45, 2.75) is 31.4 Å². The number of carbonyl (C=O) groups is 1. The summed E-state index contributed by atoms with van der Waals surface area (Å²) in [5.74, 6) is 6.19. The minimum atomic E-state index is -0.0578. The van der Waals surface area contributed by atoms with Crippen LogP contribution < -0.4 is 11.3 Å². The number of carbonyl (C=O) groups excluding carboxylic acids is 1. The number of amides is 1. The van der Waals surface area contributed by atoms with Crippen LogP contribution in [0.15, 0.2) is 0 Å². The van der Waals surface area contributed by atoms with Crippen LogP contribution in [0.2, 0.25) is 0 Å². The first-order valence-corrected chi connectivity index (χ1v) is 6.60. The maximum absolute atomic E-state index is 10.9. The predicted molar refractivity (Wildman–Crippen MR) is 64.5 cm³/mol. The number of nitrogens with one attached hydrogen (secondary N) is 1. The second kappa shape index (κ2) is 7.09. The van der Waals surface area contributed by atoms with E-state index in [1.54, 1.807) is 0 Å². The molecule has 1 aliphatic rings. The smallest absolute Gasteiger partial charge is 0.233 e. The van der Waals surface area contributed by atoms with E-state index >= 15 is 0 Å². The number of hydrogen-bond acceptors (Lipinski definition) is 4. The molecular weight excluding hydrogens is 210 g/mol. The van der Waals surface area contributed by atoms with Gasteiger partial charge in [0.1, 0.15) is 0 Å². The van der Waals surface area contributed by atoms with Crippen molar-refractivity contribution >= 4 is 17.7 Å². The van der Waals surface area contributed by atoms with E-state index in [4.69, 9.17) is 5.84 Å². The third-order valence-electron chi connectivity index (χ3n) is 2.61. The first kappa shape index (κ1) is 12.8. The first-order chi connectivity index (χ1) is 7.22. The molecule has 1 aliphatic heterocycles. The Kier molecular flexibility index (Phi) is 6.05. The Hall–Kier alpha value is -0.260. The molecule has 1 unspecified atom stereocenters. The molecule has 0 aromatic carbocycles. The van der Waals surface area contributed by atoms with E-state index in [-0.39, 0.29) is 5.91 Å². The van der Waals surface area contributed by atoms with Crippen molar-refractivity contribution in [1.82, 2.24) is 10.3 Å². The zero-order valence-corrected chi connectivity index (χ0v) is 10.2. The summed E-state index contributed by atoms with van der Waals surface area (Å²) in [5.41, 5.74) is 2.15. The largest absolute Gasteiger partial charge is 0.301 e. The second-order valence-corrected chi connectivity index (χ2v) is 5.55. The number of thioether (sulfide) groups is 1. The number of hydrogen-bond donors (Lipinski definition) is 2. The van der Waals surface area contributed by atoms with Gasteiger partial charge in [-0.25, -0.2) is 5.84 Å². The monoisotopic (exact) mass is 231 g/mol. The third kappa shape index (κ3) is 5.39. The molecule has 0 radical (unpaired) electrons. The van der Waals surface area contributed by atoms with Crippen LogP contribution in [0.3, 0.4) is 0 Å². The molecule has 0 bridgehead atoms. The number of nitrogens with zero attached hydrogens (tertiary/aromatic N) is 1. The molecule has 1 rings (SSSR count). The molecule has 1 saturated heterocycles. The Balaban J connectivity index is 2.02. The van der Waals surface area contributed by atoms with E-state index < -0.39 is 0 Å². The van der Waals surface area contributed by atoms with E-state index in [9.17, 15) is 4.79 Å². The van der Waals surface area contributed by atoms with Gasteiger partial charge in [-0.3, -0.25) is 10.2 Å². The van der Waals surface area contributed by atoms with Crippen LogP contribution in [-0.4, -0.2) is 41.4 Å². The van der Waals surface area contributed by atoms with Crippen molar-refractivity contribution in [1.29, 1.82) is 0 Å². The van der Waals surface area contributed by atoms with E-state index in [0.717, 1.165) is 24.6 Å². The van der Waals surface area contributed by atoms with Crippen molar-refractivity contribution in [2.75, 3.05) is 25.4 Å². The normalized spacial score (nSPS) is 22.7. The fourth-order valence-electron chi connectivity index (χ4n) is 1.79. The Bertz CT molecular complexity index is 201. The van der Waals surface area contributed by atoms with Gasteiger partial charge in [0.25, 0.3) is 0 Å². The Labute approximate surface area is 95.9 Å². The average Bonchev–Trinajstić information content (AvgIpc) is 2.24. The summed E-state index contributed by atoms with van der Waals surface area (Å²) in [5, 5.41) is 0.756. The highest BCUT2D eigenvalue weighted by molar-refractivity contribution is 7.99. The van der Waals surface area contributed by atoms with Crippen LogP contribution in [-0.2, 0) is 4.79 Å². The Morgan fingerprint density at radius 3 is 3.07 bits per heavy atom. The summed E-state index contributed by atoms with van der Waals surface area (Å²) in [6.07, 6.45) is 2.57. The fraction of sp³-hybridized carbons (Fsp3) is 0.900. The summed E-state index contributed by atoms with van der Waals surface area (Å²) < 4.78 is 0. The minimum Gasteiger partial charge on any atom is -0.301 e. The zero-order chi connectivity index (χ0) is 11.1. The molecule has 0 saturated carbocycles. The minimum absolute atomic E-state index is 0.0578. The molecule has 0 aliphatic carbocycles. The molecule has 1 amide bonds. The van der Waals surface area contributed by atoms with Crippen molar-refractivity contribution in [2.24, 2.45) is 5.84 Å². The van der Waals surface area contributed by atoms with Crippen LogP contribution >= 0.6 is 11.8 Å². The lowest BCUT2D eigenvalue weighted by atomic mass is 10.2. The zero-order valence-electron chi connectivity index (χ0n) is 9.37.